The third kappa shape index (κ3) is 3.91. The minimum Gasteiger partial charge on any atom is -0.300 e. The summed E-state index contributed by atoms with van der Waals surface area (Å²) in [6.45, 7) is 0.626. The van der Waals surface area contributed by atoms with Gasteiger partial charge in [-0.25, -0.2) is 12.9 Å². The van der Waals surface area contributed by atoms with Crippen molar-refractivity contribution in [1.82, 2.24) is 4.31 Å². The molecule has 0 bridgehead atoms. The van der Waals surface area contributed by atoms with Crippen molar-refractivity contribution in [3.63, 3.8) is 0 Å². The van der Waals surface area contributed by atoms with Crippen LogP contribution in [0.1, 0.15) is 25.7 Å². The number of ketones is 1. The van der Waals surface area contributed by atoms with Crippen LogP contribution in [0, 0.1) is 5.92 Å². The minimum atomic E-state index is -2.19. The lowest BCUT2D eigenvalue weighted by Gasteiger charge is -2.20. The lowest BCUT2D eigenvalue weighted by molar-refractivity contribution is -0.120. The van der Waals surface area contributed by atoms with Gasteiger partial charge < -0.3 is 0 Å². The van der Waals surface area contributed by atoms with Gasteiger partial charge in [-0.2, -0.15) is 0 Å². The Morgan fingerprint density at radius 3 is 2.40 bits per heavy atom. The molecule has 1 aliphatic rings. The molecule has 1 aliphatic carbocycles. The molecule has 1 unspecified atom stereocenters. The molecule has 0 N–H and O–H groups in total. The summed E-state index contributed by atoms with van der Waals surface area (Å²) in [4.78, 5) is 11.0. The minimum absolute atomic E-state index is 0.357. The van der Waals surface area contributed by atoms with E-state index in [0.29, 0.717) is 31.1 Å². The largest absolute Gasteiger partial charge is 0.300 e. The summed E-state index contributed by atoms with van der Waals surface area (Å²) >= 11 is 0. The monoisotopic (exact) mass is 232 g/mol. The molecule has 5 heteroatoms. The zero-order valence-electron chi connectivity index (χ0n) is 9.73. The predicted octanol–water partition coefficient (Wildman–Crippen LogP) is 1.32. The molecule has 0 aromatic carbocycles. The van der Waals surface area contributed by atoms with Crippen molar-refractivity contribution in [2.75, 3.05) is 26.9 Å². The molecule has 0 aromatic heterocycles. The van der Waals surface area contributed by atoms with Crippen LogP contribution in [0.4, 0.5) is 0 Å². The average Bonchev–Trinajstić information content (AvgIpc) is 2.17. The van der Waals surface area contributed by atoms with Crippen LogP contribution in [-0.4, -0.2) is 41.2 Å². The first-order valence-corrected chi connectivity index (χ1v) is 7.17. The summed E-state index contributed by atoms with van der Waals surface area (Å²) in [5, 5.41) is 0. The smallest absolute Gasteiger partial charge is 0.132 e. The maximum Gasteiger partial charge on any atom is 0.132 e. The lowest BCUT2D eigenvalue weighted by Crippen LogP contribution is -2.22. The van der Waals surface area contributed by atoms with Gasteiger partial charge in [-0.15, -0.1) is 0 Å². The van der Waals surface area contributed by atoms with Gasteiger partial charge in [0.2, 0.25) is 0 Å². The van der Waals surface area contributed by atoms with Crippen molar-refractivity contribution in [2.24, 2.45) is 10.3 Å². The molecule has 0 heterocycles. The summed E-state index contributed by atoms with van der Waals surface area (Å²) in [6.07, 6.45) is 4.82. The Morgan fingerprint density at radius 1 is 1.40 bits per heavy atom. The second-order valence-electron chi connectivity index (χ2n) is 4.37. The van der Waals surface area contributed by atoms with Crippen LogP contribution >= 0.6 is 0 Å². The highest BCUT2D eigenvalue weighted by Gasteiger charge is 2.18. The summed E-state index contributed by atoms with van der Waals surface area (Å²) in [7, 11) is 1.36. The second-order valence-corrected chi connectivity index (χ2v) is 6.88. The molecule has 1 fully saturated rings. The van der Waals surface area contributed by atoms with Crippen LogP contribution in [0.15, 0.2) is 4.36 Å². The highest BCUT2D eigenvalue weighted by molar-refractivity contribution is 7.90. The Labute approximate surface area is 92.4 Å². The van der Waals surface area contributed by atoms with Gasteiger partial charge in [0.15, 0.2) is 0 Å². The fourth-order valence-electron chi connectivity index (χ4n) is 1.54. The second kappa shape index (κ2) is 5.07. The van der Waals surface area contributed by atoms with Crippen LogP contribution < -0.4 is 0 Å². The van der Waals surface area contributed by atoms with E-state index in [-0.39, 0.29) is 0 Å². The molecule has 0 aliphatic heterocycles. The maximum atomic E-state index is 11.9. The molecule has 4 nitrogen and oxygen atoms in total. The van der Waals surface area contributed by atoms with E-state index in [1.807, 2.05) is 0 Å². The molecule has 0 saturated heterocycles. The van der Waals surface area contributed by atoms with Crippen LogP contribution in [-0.2, 0) is 14.7 Å². The quantitative estimate of drug-likeness (QED) is 0.737. The Morgan fingerprint density at radius 2 is 1.93 bits per heavy atom. The topological polar surface area (TPSA) is 49.7 Å². The zero-order valence-corrected chi connectivity index (χ0v) is 10.5. The van der Waals surface area contributed by atoms with Gasteiger partial charge in [0.05, 0.1) is 6.54 Å². The summed E-state index contributed by atoms with van der Waals surface area (Å²) in [5.41, 5.74) is 0. The molecule has 0 aromatic rings. The molecule has 0 spiro atoms. The zero-order chi connectivity index (χ0) is 11.5. The highest BCUT2D eigenvalue weighted by atomic mass is 32.2. The van der Waals surface area contributed by atoms with Crippen LogP contribution in [0.5, 0.6) is 0 Å². The van der Waals surface area contributed by atoms with E-state index >= 15 is 0 Å². The van der Waals surface area contributed by atoms with E-state index in [1.54, 1.807) is 24.7 Å². The van der Waals surface area contributed by atoms with Crippen molar-refractivity contribution >= 4 is 15.7 Å². The first kappa shape index (κ1) is 12.6. The maximum absolute atomic E-state index is 11.9. The normalized spacial score (nSPS) is 22.8. The van der Waals surface area contributed by atoms with Crippen molar-refractivity contribution in [3.8, 4) is 0 Å². The molecular weight excluding hydrogens is 212 g/mol. The average molecular weight is 232 g/mol. The predicted molar refractivity (Wildman–Crippen MR) is 62.0 cm³/mol. The van der Waals surface area contributed by atoms with E-state index < -0.39 is 9.92 Å². The van der Waals surface area contributed by atoms with Gasteiger partial charge >= 0.3 is 0 Å². The first-order chi connectivity index (χ1) is 6.92. The molecular formula is C10H20N2O2S. The third-order valence-corrected chi connectivity index (χ3v) is 4.90. The molecule has 1 rings (SSSR count). The number of carbonyl (C=O) groups is 1. The van der Waals surface area contributed by atoms with E-state index in [1.165, 1.54) is 0 Å². The standard InChI is InChI=1S/C10H20N2O2S/c1-12(2)15(3,14)11-8-9-4-6-10(13)7-5-9/h9H,4-8H2,1-3H3. The molecule has 0 radical (unpaired) electrons. The molecule has 0 amide bonds. The van der Waals surface area contributed by atoms with Crippen LogP contribution in [0.2, 0.25) is 0 Å². The van der Waals surface area contributed by atoms with Crippen molar-refractivity contribution in [2.45, 2.75) is 25.7 Å². The number of nitrogens with zero attached hydrogens (tertiary/aromatic N) is 2. The van der Waals surface area contributed by atoms with E-state index in [4.69, 9.17) is 0 Å². The van der Waals surface area contributed by atoms with Gasteiger partial charge in [0, 0.05) is 33.2 Å². The van der Waals surface area contributed by atoms with Gasteiger partial charge in [0.1, 0.15) is 15.7 Å². The highest BCUT2D eigenvalue weighted by Crippen LogP contribution is 2.21. The summed E-state index contributed by atoms with van der Waals surface area (Å²) in [6, 6.07) is 0. The number of hydrogen-bond donors (Lipinski definition) is 0. The van der Waals surface area contributed by atoms with Gasteiger partial charge in [0.25, 0.3) is 0 Å². The fraction of sp³-hybridized carbons (Fsp3) is 0.900. The van der Waals surface area contributed by atoms with E-state index in [9.17, 15) is 9.00 Å². The molecule has 15 heavy (non-hydrogen) atoms. The van der Waals surface area contributed by atoms with Crippen molar-refractivity contribution in [3.05, 3.63) is 0 Å². The van der Waals surface area contributed by atoms with Crippen LogP contribution in [0.25, 0.3) is 0 Å². The Balaban J connectivity index is 2.50. The lowest BCUT2D eigenvalue weighted by atomic mass is 9.89. The Bertz CT molecular complexity index is 333. The van der Waals surface area contributed by atoms with Gasteiger partial charge in [-0.3, -0.25) is 4.79 Å². The number of Topliss-reactive ketones (excluding diaryl/α,β-unsaturated/α-hetero) is 1. The SMILES string of the molecule is CN(C)S(C)(=O)=NCC1CCC(=O)CC1. The first-order valence-electron chi connectivity index (χ1n) is 5.29. The summed E-state index contributed by atoms with van der Waals surface area (Å²) in [5.74, 6) is 0.805. The van der Waals surface area contributed by atoms with Crippen molar-refractivity contribution in [1.29, 1.82) is 0 Å². The molecule has 88 valence electrons. The van der Waals surface area contributed by atoms with Gasteiger partial charge in [-0.1, -0.05) is 0 Å². The number of hydrogen-bond acceptors (Lipinski definition) is 3. The Hall–Kier alpha value is -0.420. The van der Waals surface area contributed by atoms with Gasteiger partial charge in [-0.05, 0) is 18.8 Å². The summed E-state index contributed by atoms with van der Waals surface area (Å²) < 4.78 is 17.8. The van der Waals surface area contributed by atoms with Crippen molar-refractivity contribution < 1.29 is 9.00 Å². The molecule has 1 saturated carbocycles. The van der Waals surface area contributed by atoms with E-state index in [0.717, 1.165) is 12.8 Å². The van der Waals surface area contributed by atoms with E-state index in [2.05, 4.69) is 4.36 Å². The third-order valence-electron chi connectivity index (χ3n) is 2.91. The number of carbonyl (C=O) groups excluding carboxylic acids is 1. The number of rotatable bonds is 3. The molecule has 1 atom stereocenters. The van der Waals surface area contributed by atoms with Crippen LogP contribution in [0.3, 0.4) is 0 Å². The Kier molecular flexibility index (Phi) is 4.28. The fourth-order valence-corrected chi connectivity index (χ4v) is 2.26.